The SMILES string of the molecule is CC(c1ccc(Br)cc1)N1CC(=O)NC(C2CC2)C1=O. The quantitative estimate of drug-likeness (QED) is 0.920. The Morgan fingerprint density at radius 1 is 1.25 bits per heavy atom. The van der Waals surface area contributed by atoms with Gasteiger partial charge in [-0.05, 0) is 43.4 Å². The molecule has 20 heavy (non-hydrogen) atoms. The first-order chi connectivity index (χ1) is 9.56. The first kappa shape index (κ1) is 13.6. The molecule has 0 aromatic heterocycles. The molecule has 3 rings (SSSR count). The van der Waals surface area contributed by atoms with Crippen LogP contribution in [0.3, 0.4) is 0 Å². The summed E-state index contributed by atoms with van der Waals surface area (Å²) in [6.07, 6.45) is 2.08. The van der Waals surface area contributed by atoms with Gasteiger partial charge < -0.3 is 10.2 Å². The van der Waals surface area contributed by atoms with Gasteiger partial charge in [0.2, 0.25) is 11.8 Å². The topological polar surface area (TPSA) is 49.4 Å². The molecular formula is C15H17BrN2O2. The fraction of sp³-hybridized carbons (Fsp3) is 0.467. The summed E-state index contributed by atoms with van der Waals surface area (Å²) in [6.45, 7) is 2.13. The van der Waals surface area contributed by atoms with Crippen LogP contribution in [0.4, 0.5) is 0 Å². The number of nitrogens with one attached hydrogen (secondary N) is 1. The lowest BCUT2D eigenvalue weighted by atomic mass is 10.0. The molecule has 106 valence electrons. The van der Waals surface area contributed by atoms with Crippen LogP contribution < -0.4 is 5.32 Å². The number of amides is 2. The highest BCUT2D eigenvalue weighted by atomic mass is 79.9. The van der Waals surface area contributed by atoms with E-state index < -0.39 is 0 Å². The molecule has 2 amide bonds. The maximum Gasteiger partial charge on any atom is 0.246 e. The van der Waals surface area contributed by atoms with E-state index in [0.29, 0.717) is 5.92 Å². The van der Waals surface area contributed by atoms with Crippen LogP contribution in [0.25, 0.3) is 0 Å². The van der Waals surface area contributed by atoms with Crippen molar-refractivity contribution in [2.75, 3.05) is 6.54 Å². The molecule has 4 nitrogen and oxygen atoms in total. The Labute approximate surface area is 126 Å². The van der Waals surface area contributed by atoms with Crippen molar-refractivity contribution in [2.45, 2.75) is 31.8 Å². The highest BCUT2D eigenvalue weighted by molar-refractivity contribution is 9.10. The smallest absolute Gasteiger partial charge is 0.246 e. The van der Waals surface area contributed by atoms with Crippen LogP contribution in [-0.4, -0.2) is 29.3 Å². The number of benzene rings is 1. The fourth-order valence-electron chi connectivity index (χ4n) is 2.69. The molecule has 1 heterocycles. The normalized spacial score (nSPS) is 24.5. The maximum absolute atomic E-state index is 12.5. The van der Waals surface area contributed by atoms with Crippen LogP contribution in [0.15, 0.2) is 28.7 Å². The van der Waals surface area contributed by atoms with Crippen LogP contribution in [0.1, 0.15) is 31.4 Å². The van der Waals surface area contributed by atoms with E-state index in [-0.39, 0.29) is 30.4 Å². The van der Waals surface area contributed by atoms with Crippen molar-refractivity contribution in [2.24, 2.45) is 5.92 Å². The van der Waals surface area contributed by atoms with Crippen molar-refractivity contribution < 1.29 is 9.59 Å². The molecule has 1 saturated carbocycles. The third-order valence-electron chi connectivity index (χ3n) is 4.09. The van der Waals surface area contributed by atoms with Gasteiger partial charge in [0.05, 0.1) is 6.04 Å². The van der Waals surface area contributed by atoms with Crippen LogP contribution >= 0.6 is 15.9 Å². The molecule has 1 aliphatic heterocycles. The van der Waals surface area contributed by atoms with E-state index in [9.17, 15) is 9.59 Å². The number of piperazine rings is 1. The van der Waals surface area contributed by atoms with Crippen molar-refractivity contribution in [1.29, 1.82) is 0 Å². The van der Waals surface area contributed by atoms with Crippen molar-refractivity contribution in [3.05, 3.63) is 34.3 Å². The Balaban J connectivity index is 1.81. The summed E-state index contributed by atoms with van der Waals surface area (Å²) in [6, 6.07) is 7.50. The van der Waals surface area contributed by atoms with Crippen molar-refractivity contribution in [3.63, 3.8) is 0 Å². The Morgan fingerprint density at radius 2 is 1.90 bits per heavy atom. The zero-order chi connectivity index (χ0) is 14.3. The van der Waals surface area contributed by atoms with E-state index in [2.05, 4.69) is 21.2 Å². The molecule has 2 aliphatic rings. The Kier molecular flexibility index (Phi) is 3.54. The molecule has 0 radical (unpaired) electrons. The molecule has 0 spiro atoms. The molecule has 1 aromatic rings. The van der Waals surface area contributed by atoms with Gasteiger partial charge in [0.25, 0.3) is 0 Å². The average Bonchev–Trinajstić information content (AvgIpc) is 3.25. The predicted molar refractivity (Wildman–Crippen MR) is 78.9 cm³/mol. The van der Waals surface area contributed by atoms with Crippen molar-refractivity contribution in [3.8, 4) is 0 Å². The Morgan fingerprint density at radius 3 is 2.50 bits per heavy atom. The van der Waals surface area contributed by atoms with Gasteiger partial charge in [-0.3, -0.25) is 9.59 Å². The summed E-state index contributed by atoms with van der Waals surface area (Å²) < 4.78 is 1.01. The monoisotopic (exact) mass is 336 g/mol. The van der Waals surface area contributed by atoms with E-state index in [0.717, 1.165) is 22.9 Å². The van der Waals surface area contributed by atoms with Gasteiger partial charge in [-0.15, -0.1) is 0 Å². The second kappa shape index (κ2) is 5.20. The van der Waals surface area contributed by atoms with E-state index in [4.69, 9.17) is 0 Å². The standard InChI is InChI=1S/C15H17BrN2O2/c1-9(10-4-6-12(16)7-5-10)18-8-13(19)17-14(15(18)20)11-2-3-11/h4-7,9,11,14H,2-3,8H2,1H3,(H,17,19). The van der Waals surface area contributed by atoms with E-state index in [1.54, 1.807) is 4.90 Å². The number of carbonyl (C=O) groups excluding carboxylic acids is 2. The lowest BCUT2D eigenvalue weighted by Crippen LogP contribution is -2.59. The predicted octanol–water partition coefficient (Wildman–Crippen LogP) is 2.25. The molecule has 1 N–H and O–H groups in total. The minimum Gasteiger partial charge on any atom is -0.342 e. The first-order valence-electron chi connectivity index (χ1n) is 6.91. The zero-order valence-electron chi connectivity index (χ0n) is 11.3. The Bertz CT molecular complexity index is 539. The molecule has 2 atom stereocenters. The summed E-state index contributed by atoms with van der Waals surface area (Å²) >= 11 is 3.40. The van der Waals surface area contributed by atoms with Crippen LogP contribution in [-0.2, 0) is 9.59 Å². The largest absolute Gasteiger partial charge is 0.342 e. The second-order valence-electron chi connectivity index (χ2n) is 5.58. The molecule has 5 heteroatoms. The summed E-state index contributed by atoms with van der Waals surface area (Å²) in [4.78, 5) is 26.1. The zero-order valence-corrected chi connectivity index (χ0v) is 12.9. The van der Waals surface area contributed by atoms with Crippen LogP contribution in [0, 0.1) is 5.92 Å². The average molecular weight is 337 g/mol. The first-order valence-corrected chi connectivity index (χ1v) is 7.71. The number of hydrogen-bond acceptors (Lipinski definition) is 2. The third-order valence-corrected chi connectivity index (χ3v) is 4.62. The number of hydrogen-bond donors (Lipinski definition) is 1. The lowest BCUT2D eigenvalue weighted by Gasteiger charge is -2.36. The van der Waals surface area contributed by atoms with Gasteiger partial charge in [-0.2, -0.15) is 0 Å². The van der Waals surface area contributed by atoms with Gasteiger partial charge in [0.1, 0.15) is 12.6 Å². The number of carbonyl (C=O) groups is 2. The maximum atomic E-state index is 12.5. The highest BCUT2D eigenvalue weighted by Gasteiger charge is 2.43. The number of rotatable bonds is 3. The summed E-state index contributed by atoms with van der Waals surface area (Å²) in [5.41, 5.74) is 1.05. The summed E-state index contributed by atoms with van der Waals surface area (Å²) in [5.74, 6) is 0.347. The van der Waals surface area contributed by atoms with Gasteiger partial charge in [0.15, 0.2) is 0 Å². The molecule has 1 aliphatic carbocycles. The minimum absolute atomic E-state index is 0.0505. The van der Waals surface area contributed by atoms with E-state index in [1.165, 1.54) is 0 Å². The molecule has 1 saturated heterocycles. The van der Waals surface area contributed by atoms with Gasteiger partial charge in [-0.1, -0.05) is 28.1 Å². The molecule has 2 fully saturated rings. The number of halogens is 1. The van der Waals surface area contributed by atoms with Gasteiger partial charge >= 0.3 is 0 Å². The van der Waals surface area contributed by atoms with E-state index in [1.807, 2.05) is 31.2 Å². The summed E-state index contributed by atoms with van der Waals surface area (Å²) in [5, 5.41) is 2.84. The molecular weight excluding hydrogens is 320 g/mol. The minimum atomic E-state index is -0.311. The van der Waals surface area contributed by atoms with Gasteiger partial charge in [0, 0.05) is 4.47 Å². The summed E-state index contributed by atoms with van der Waals surface area (Å²) in [7, 11) is 0. The van der Waals surface area contributed by atoms with Crippen molar-refractivity contribution in [1.82, 2.24) is 10.2 Å². The third kappa shape index (κ3) is 2.59. The van der Waals surface area contributed by atoms with Gasteiger partial charge in [-0.25, -0.2) is 0 Å². The lowest BCUT2D eigenvalue weighted by molar-refractivity contribution is -0.147. The van der Waals surface area contributed by atoms with Crippen LogP contribution in [0.5, 0.6) is 0 Å². The molecule has 2 unspecified atom stereocenters. The molecule has 0 bridgehead atoms. The van der Waals surface area contributed by atoms with Crippen molar-refractivity contribution >= 4 is 27.7 Å². The van der Waals surface area contributed by atoms with E-state index >= 15 is 0 Å². The molecule has 1 aromatic carbocycles. The number of nitrogens with zero attached hydrogens (tertiary/aromatic N) is 1. The Hall–Kier alpha value is -1.36. The fourth-order valence-corrected chi connectivity index (χ4v) is 2.95. The highest BCUT2D eigenvalue weighted by Crippen LogP contribution is 2.36. The second-order valence-corrected chi connectivity index (χ2v) is 6.49. The van der Waals surface area contributed by atoms with Crippen LogP contribution in [0.2, 0.25) is 0 Å².